The summed E-state index contributed by atoms with van der Waals surface area (Å²) in [4.78, 5) is 23.6. The number of methoxy groups -OCH3 is 1. The van der Waals surface area contributed by atoms with Gasteiger partial charge in [-0.2, -0.15) is 0 Å². The number of hydrogen-bond donors (Lipinski definition) is 1. The van der Waals surface area contributed by atoms with Crippen molar-refractivity contribution in [1.29, 1.82) is 0 Å². The Morgan fingerprint density at radius 1 is 1.25 bits per heavy atom. The SMILES string of the molecule is CCCOC(=O)C(OC)C(=O)Nc1cc(Cl)cc(Cl)c1. The van der Waals surface area contributed by atoms with Crippen LogP contribution in [0.5, 0.6) is 0 Å². The fourth-order valence-corrected chi connectivity index (χ4v) is 1.95. The first-order valence-corrected chi connectivity index (χ1v) is 6.70. The second kappa shape index (κ2) is 8.09. The molecule has 0 aliphatic heterocycles. The van der Waals surface area contributed by atoms with E-state index in [0.717, 1.165) is 0 Å². The monoisotopic (exact) mass is 319 g/mol. The molecular weight excluding hydrogens is 305 g/mol. The van der Waals surface area contributed by atoms with Crippen molar-refractivity contribution in [3.8, 4) is 0 Å². The molecular formula is C13H15Cl2NO4. The van der Waals surface area contributed by atoms with Crippen LogP contribution >= 0.6 is 23.2 Å². The number of rotatable bonds is 6. The van der Waals surface area contributed by atoms with Gasteiger partial charge in [-0.15, -0.1) is 0 Å². The highest BCUT2D eigenvalue weighted by molar-refractivity contribution is 6.35. The largest absolute Gasteiger partial charge is 0.463 e. The van der Waals surface area contributed by atoms with Crippen LogP contribution in [-0.4, -0.2) is 31.7 Å². The maximum Gasteiger partial charge on any atom is 0.345 e. The minimum absolute atomic E-state index is 0.231. The quantitative estimate of drug-likeness (QED) is 0.646. The molecule has 1 N–H and O–H groups in total. The van der Waals surface area contributed by atoms with E-state index in [4.69, 9.17) is 32.7 Å². The number of nitrogens with one attached hydrogen (secondary N) is 1. The molecule has 0 fully saturated rings. The average Bonchev–Trinajstić information content (AvgIpc) is 2.35. The second-order valence-corrected chi connectivity index (χ2v) is 4.80. The average molecular weight is 320 g/mol. The van der Waals surface area contributed by atoms with Gasteiger partial charge in [0.1, 0.15) is 0 Å². The molecule has 110 valence electrons. The van der Waals surface area contributed by atoms with E-state index in [1.165, 1.54) is 25.3 Å². The predicted octanol–water partition coefficient (Wildman–Crippen LogP) is 2.90. The highest BCUT2D eigenvalue weighted by Crippen LogP contribution is 2.22. The lowest BCUT2D eigenvalue weighted by molar-refractivity contribution is -0.158. The Morgan fingerprint density at radius 3 is 2.35 bits per heavy atom. The predicted molar refractivity (Wildman–Crippen MR) is 77.1 cm³/mol. The fourth-order valence-electron chi connectivity index (χ4n) is 1.42. The van der Waals surface area contributed by atoms with E-state index in [0.29, 0.717) is 22.2 Å². The summed E-state index contributed by atoms with van der Waals surface area (Å²) in [7, 11) is 1.25. The molecule has 0 radical (unpaired) electrons. The Labute approximate surface area is 127 Å². The van der Waals surface area contributed by atoms with Gasteiger partial charge in [0.15, 0.2) is 0 Å². The van der Waals surface area contributed by atoms with Crippen LogP contribution in [0.25, 0.3) is 0 Å². The molecule has 0 saturated carbocycles. The van der Waals surface area contributed by atoms with E-state index in [1.807, 2.05) is 6.92 Å². The van der Waals surface area contributed by atoms with Crippen molar-refractivity contribution >= 4 is 40.8 Å². The molecule has 1 amide bonds. The van der Waals surface area contributed by atoms with Crippen LogP contribution in [0.2, 0.25) is 10.0 Å². The molecule has 1 aromatic rings. The van der Waals surface area contributed by atoms with Crippen LogP contribution in [-0.2, 0) is 19.1 Å². The number of esters is 1. The smallest absolute Gasteiger partial charge is 0.345 e. The standard InChI is InChI=1S/C13H15Cl2NO4/c1-3-4-20-13(18)11(19-2)12(17)16-10-6-8(14)5-9(15)7-10/h5-7,11H,3-4H2,1-2H3,(H,16,17). The molecule has 1 aromatic carbocycles. The Balaban J connectivity index is 2.74. The Hall–Kier alpha value is -1.30. The van der Waals surface area contributed by atoms with Crippen LogP contribution in [0.15, 0.2) is 18.2 Å². The fraction of sp³-hybridized carbons (Fsp3) is 0.385. The Morgan fingerprint density at radius 2 is 1.85 bits per heavy atom. The topological polar surface area (TPSA) is 64.6 Å². The van der Waals surface area contributed by atoms with Crippen molar-refractivity contribution in [2.45, 2.75) is 19.4 Å². The van der Waals surface area contributed by atoms with Gasteiger partial charge in [-0.3, -0.25) is 4.79 Å². The first-order valence-electron chi connectivity index (χ1n) is 5.94. The molecule has 1 rings (SSSR count). The van der Waals surface area contributed by atoms with E-state index < -0.39 is 18.0 Å². The van der Waals surface area contributed by atoms with Gasteiger partial charge in [0.2, 0.25) is 6.10 Å². The van der Waals surface area contributed by atoms with Crippen molar-refractivity contribution < 1.29 is 19.1 Å². The maximum absolute atomic E-state index is 11.9. The first kappa shape index (κ1) is 16.8. The van der Waals surface area contributed by atoms with E-state index in [9.17, 15) is 9.59 Å². The minimum atomic E-state index is -1.33. The lowest BCUT2D eigenvalue weighted by Crippen LogP contribution is -2.38. The lowest BCUT2D eigenvalue weighted by Gasteiger charge is -2.14. The van der Waals surface area contributed by atoms with E-state index >= 15 is 0 Å². The zero-order chi connectivity index (χ0) is 15.1. The van der Waals surface area contributed by atoms with Crippen molar-refractivity contribution in [2.75, 3.05) is 19.0 Å². The van der Waals surface area contributed by atoms with Crippen molar-refractivity contribution in [1.82, 2.24) is 0 Å². The van der Waals surface area contributed by atoms with Crippen LogP contribution in [0.1, 0.15) is 13.3 Å². The number of ether oxygens (including phenoxy) is 2. The van der Waals surface area contributed by atoms with E-state index in [1.54, 1.807) is 0 Å². The van der Waals surface area contributed by atoms with Gasteiger partial charge >= 0.3 is 5.97 Å². The van der Waals surface area contributed by atoms with Crippen LogP contribution < -0.4 is 5.32 Å². The Kier molecular flexibility index (Phi) is 6.78. The van der Waals surface area contributed by atoms with Crippen LogP contribution in [0.3, 0.4) is 0 Å². The van der Waals surface area contributed by atoms with Gasteiger partial charge in [0, 0.05) is 22.8 Å². The first-order chi connectivity index (χ1) is 9.47. The van der Waals surface area contributed by atoms with Gasteiger partial charge in [0.25, 0.3) is 5.91 Å². The number of amides is 1. The number of halogens is 2. The molecule has 0 bridgehead atoms. The molecule has 0 spiro atoms. The summed E-state index contributed by atoms with van der Waals surface area (Å²) in [6.07, 6.45) is -0.674. The second-order valence-electron chi connectivity index (χ2n) is 3.93. The molecule has 7 heteroatoms. The van der Waals surface area contributed by atoms with E-state index in [-0.39, 0.29) is 6.61 Å². The van der Waals surface area contributed by atoms with Crippen molar-refractivity contribution in [2.24, 2.45) is 0 Å². The summed E-state index contributed by atoms with van der Waals surface area (Å²) < 4.78 is 9.72. The molecule has 0 heterocycles. The third kappa shape index (κ3) is 5.00. The molecule has 5 nitrogen and oxygen atoms in total. The Bertz CT molecular complexity index is 473. The highest BCUT2D eigenvalue weighted by atomic mass is 35.5. The third-order valence-corrected chi connectivity index (χ3v) is 2.70. The molecule has 1 atom stereocenters. The maximum atomic E-state index is 11.9. The highest BCUT2D eigenvalue weighted by Gasteiger charge is 2.28. The molecule has 0 saturated heterocycles. The van der Waals surface area contributed by atoms with Crippen LogP contribution in [0.4, 0.5) is 5.69 Å². The number of hydrogen-bond acceptors (Lipinski definition) is 4. The van der Waals surface area contributed by atoms with Crippen molar-refractivity contribution in [3.63, 3.8) is 0 Å². The number of carbonyl (C=O) groups is 2. The van der Waals surface area contributed by atoms with E-state index in [2.05, 4.69) is 5.32 Å². The normalized spacial score (nSPS) is 11.8. The van der Waals surface area contributed by atoms with Gasteiger partial charge in [0.05, 0.1) is 6.61 Å². The van der Waals surface area contributed by atoms with Crippen molar-refractivity contribution in [3.05, 3.63) is 28.2 Å². The van der Waals surface area contributed by atoms with Gasteiger partial charge in [-0.05, 0) is 24.6 Å². The number of carbonyl (C=O) groups excluding carboxylic acids is 2. The summed E-state index contributed by atoms with van der Waals surface area (Å²) in [5.41, 5.74) is 0.373. The molecule has 0 aliphatic rings. The summed E-state index contributed by atoms with van der Waals surface area (Å²) in [6.45, 7) is 2.08. The molecule has 1 unspecified atom stereocenters. The minimum Gasteiger partial charge on any atom is -0.463 e. The van der Waals surface area contributed by atoms with Gasteiger partial charge < -0.3 is 14.8 Å². The lowest BCUT2D eigenvalue weighted by atomic mass is 10.2. The number of anilines is 1. The summed E-state index contributed by atoms with van der Waals surface area (Å²) in [6, 6.07) is 4.55. The number of benzene rings is 1. The molecule has 0 aliphatic carbocycles. The summed E-state index contributed by atoms with van der Waals surface area (Å²) >= 11 is 11.6. The third-order valence-electron chi connectivity index (χ3n) is 2.27. The zero-order valence-electron chi connectivity index (χ0n) is 11.1. The summed E-state index contributed by atoms with van der Waals surface area (Å²) in [5.74, 6) is -1.38. The molecule has 0 aromatic heterocycles. The zero-order valence-corrected chi connectivity index (χ0v) is 12.6. The molecule has 20 heavy (non-hydrogen) atoms. The summed E-state index contributed by atoms with van der Waals surface area (Å²) in [5, 5.41) is 3.24. The van der Waals surface area contributed by atoms with Crippen LogP contribution in [0, 0.1) is 0 Å². The van der Waals surface area contributed by atoms with Gasteiger partial charge in [-0.25, -0.2) is 4.79 Å². The van der Waals surface area contributed by atoms with Gasteiger partial charge in [-0.1, -0.05) is 30.1 Å².